The number of aliphatic hydroxyl groups excluding tert-OH is 1. The van der Waals surface area contributed by atoms with Crippen molar-refractivity contribution < 1.29 is 5.11 Å². The fourth-order valence-corrected chi connectivity index (χ4v) is 3.81. The van der Waals surface area contributed by atoms with E-state index in [0.717, 1.165) is 23.2 Å². The van der Waals surface area contributed by atoms with Crippen LogP contribution in [-0.4, -0.2) is 22.7 Å². The quantitative estimate of drug-likeness (QED) is 0.910. The summed E-state index contributed by atoms with van der Waals surface area (Å²) in [7, 11) is 0. The fraction of sp³-hybridized carbons (Fsp3) is 0.571. The van der Waals surface area contributed by atoms with Gasteiger partial charge >= 0.3 is 0 Å². The van der Waals surface area contributed by atoms with Crippen LogP contribution >= 0.6 is 27.7 Å². The van der Waals surface area contributed by atoms with Gasteiger partial charge in [-0.25, -0.2) is 0 Å². The standard InChI is InChI=1S/C14H19BrOS/c15-13-3-1-11(2-4-13)9-14(16)10-12-5-7-17-8-6-12/h1-4,12,14,16H,5-10H2. The molecule has 1 aromatic rings. The average Bonchev–Trinajstić information content (AvgIpc) is 2.33. The van der Waals surface area contributed by atoms with Gasteiger partial charge in [-0.1, -0.05) is 28.1 Å². The Balaban J connectivity index is 1.79. The first kappa shape index (κ1) is 13.4. The average molecular weight is 315 g/mol. The van der Waals surface area contributed by atoms with Gasteiger partial charge in [0, 0.05) is 4.47 Å². The highest BCUT2D eigenvalue weighted by Gasteiger charge is 2.17. The number of aliphatic hydroxyl groups is 1. The van der Waals surface area contributed by atoms with E-state index in [1.54, 1.807) is 0 Å². The first-order chi connectivity index (χ1) is 8.24. The number of halogens is 1. The molecule has 1 fully saturated rings. The Hall–Kier alpha value is 0.01000. The summed E-state index contributed by atoms with van der Waals surface area (Å²) in [5.41, 5.74) is 1.23. The molecule has 0 bridgehead atoms. The van der Waals surface area contributed by atoms with Crippen molar-refractivity contribution in [2.24, 2.45) is 5.92 Å². The maximum absolute atomic E-state index is 10.1. The van der Waals surface area contributed by atoms with Gasteiger partial charge in [-0.05, 0) is 60.8 Å². The zero-order chi connectivity index (χ0) is 12.1. The zero-order valence-electron chi connectivity index (χ0n) is 9.94. The second-order valence-electron chi connectivity index (χ2n) is 4.78. The number of thioether (sulfide) groups is 1. The van der Waals surface area contributed by atoms with Crippen molar-refractivity contribution in [1.29, 1.82) is 0 Å². The van der Waals surface area contributed by atoms with Gasteiger partial charge in [-0.3, -0.25) is 0 Å². The van der Waals surface area contributed by atoms with Gasteiger partial charge in [0.25, 0.3) is 0 Å². The summed E-state index contributed by atoms with van der Waals surface area (Å²) >= 11 is 5.47. The van der Waals surface area contributed by atoms with Gasteiger partial charge in [-0.15, -0.1) is 0 Å². The summed E-state index contributed by atoms with van der Waals surface area (Å²) in [6.07, 6.45) is 4.14. The molecule has 1 saturated heterocycles. The smallest absolute Gasteiger partial charge is 0.0583 e. The Morgan fingerprint density at radius 2 is 1.88 bits per heavy atom. The highest BCUT2D eigenvalue weighted by Crippen LogP contribution is 2.27. The largest absolute Gasteiger partial charge is 0.393 e. The van der Waals surface area contributed by atoms with E-state index in [-0.39, 0.29) is 6.10 Å². The van der Waals surface area contributed by atoms with Crippen LogP contribution in [0.4, 0.5) is 0 Å². The van der Waals surface area contributed by atoms with Crippen LogP contribution < -0.4 is 0 Å². The summed E-state index contributed by atoms with van der Waals surface area (Å²) in [6.45, 7) is 0. The summed E-state index contributed by atoms with van der Waals surface area (Å²) in [6, 6.07) is 8.26. The Bertz CT molecular complexity index is 333. The molecule has 1 aliphatic rings. The van der Waals surface area contributed by atoms with E-state index >= 15 is 0 Å². The summed E-state index contributed by atoms with van der Waals surface area (Å²) in [5.74, 6) is 3.28. The van der Waals surface area contributed by atoms with E-state index in [1.807, 2.05) is 23.9 Å². The molecule has 3 heteroatoms. The van der Waals surface area contributed by atoms with Gasteiger partial charge in [-0.2, -0.15) is 11.8 Å². The SMILES string of the molecule is OC(Cc1ccc(Br)cc1)CC1CCSCC1. The van der Waals surface area contributed by atoms with E-state index in [2.05, 4.69) is 28.1 Å². The monoisotopic (exact) mass is 314 g/mol. The van der Waals surface area contributed by atoms with Gasteiger partial charge in [0.05, 0.1) is 6.10 Å². The van der Waals surface area contributed by atoms with Crippen LogP contribution in [0.25, 0.3) is 0 Å². The van der Waals surface area contributed by atoms with Crippen LogP contribution in [0.1, 0.15) is 24.8 Å². The lowest BCUT2D eigenvalue weighted by Gasteiger charge is -2.23. The minimum absolute atomic E-state index is 0.177. The Morgan fingerprint density at radius 1 is 1.24 bits per heavy atom. The molecule has 1 unspecified atom stereocenters. The maximum atomic E-state index is 10.1. The lowest BCUT2D eigenvalue weighted by Crippen LogP contribution is -2.19. The van der Waals surface area contributed by atoms with Crippen LogP contribution in [0, 0.1) is 5.92 Å². The molecule has 1 aromatic carbocycles. The molecule has 0 aliphatic carbocycles. The molecule has 1 heterocycles. The first-order valence-corrected chi connectivity index (χ1v) is 8.19. The third-order valence-electron chi connectivity index (χ3n) is 3.33. The molecule has 2 rings (SSSR count). The van der Waals surface area contributed by atoms with Crippen LogP contribution in [0.3, 0.4) is 0 Å². The normalized spacial score (nSPS) is 19.2. The van der Waals surface area contributed by atoms with Gasteiger partial charge < -0.3 is 5.11 Å². The molecule has 1 atom stereocenters. The molecule has 94 valence electrons. The molecule has 0 aromatic heterocycles. The topological polar surface area (TPSA) is 20.2 Å². The second-order valence-corrected chi connectivity index (χ2v) is 6.92. The van der Waals surface area contributed by atoms with Crippen LogP contribution in [0.2, 0.25) is 0 Å². The Kier molecular flexibility index (Phi) is 5.39. The lowest BCUT2D eigenvalue weighted by molar-refractivity contribution is 0.139. The minimum atomic E-state index is -0.177. The highest BCUT2D eigenvalue weighted by atomic mass is 79.9. The van der Waals surface area contributed by atoms with Crippen molar-refractivity contribution in [3.63, 3.8) is 0 Å². The number of hydrogen-bond acceptors (Lipinski definition) is 2. The minimum Gasteiger partial charge on any atom is -0.393 e. The molecule has 0 amide bonds. The van der Waals surface area contributed by atoms with Crippen molar-refractivity contribution in [2.75, 3.05) is 11.5 Å². The van der Waals surface area contributed by atoms with Crippen molar-refractivity contribution in [3.05, 3.63) is 34.3 Å². The van der Waals surface area contributed by atoms with Crippen molar-refractivity contribution in [3.8, 4) is 0 Å². The molecular formula is C14H19BrOS. The number of hydrogen-bond donors (Lipinski definition) is 1. The molecule has 1 N–H and O–H groups in total. The van der Waals surface area contributed by atoms with Gasteiger partial charge in [0.1, 0.15) is 0 Å². The third kappa shape index (κ3) is 4.65. The predicted octanol–water partition coefficient (Wildman–Crippen LogP) is 3.89. The van der Waals surface area contributed by atoms with Crippen LogP contribution in [0.15, 0.2) is 28.7 Å². The molecular weight excluding hydrogens is 296 g/mol. The molecule has 1 aliphatic heterocycles. The molecule has 0 radical (unpaired) electrons. The van der Waals surface area contributed by atoms with Crippen molar-refractivity contribution in [2.45, 2.75) is 31.8 Å². The zero-order valence-corrected chi connectivity index (χ0v) is 12.3. The summed E-state index contributed by atoms with van der Waals surface area (Å²) in [4.78, 5) is 0. The van der Waals surface area contributed by atoms with E-state index in [4.69, 9.17) is 0 Å². The second kappa shape index (κ2) is 6.81. The molecule has 0 spiro atoms. The maximum Gasteiger partial charge on any atom is 0.0583 e. The Labute approximate surface area is 116 Å². The van der Waals surface area contributed by atoms with Crippen LogP contribution in [0.5, 0.6) is 0 Å². The van der Waals surface area contributed by atoms with E-state index < -0.39 is 0 Å². The summed E-state index contributed by atoms with van der Waals surface area (Å²) in [5, 5.41) is 10.1. The fourth-order valence-electron chi connectivity index (χ4n) is 2.34. The highest BCUT2D eigenvalue weighted by molar-refractivity contribution is 9.10. The third-order valence-corrected chi connectivity index (χ3v) is 4.91. The molecule has 0 saturated carbocycles. The first-order valence-electron chi connectivity index (χ1n) is 6.24. The lowest BCUT2D eigenvalue weighted by atomic mass is 9.93. The Morgan fingerprint density at radius 3 is 2.53 bits per heavy atom. The van der Waals surface area contributed by atoms with E-state index in [0.29, 0.717) is 0 Å². The summed E-state index contributed by atoms with van der Waals surface area (Å²) < 4.78 is 1.10. The van der Waals surface area contributed by atoms with E-state index in [1.165, 1.54) is 29.9 Å². The van der Waals surface area contributed by atoms with E-state index in [9.17, 15) is 5.11 Å². The predicted molar refractivity (Wildman–Crippen MR) is 78.5 cm³/mol. The number of benzene rings is 1. The number of rotatable bonds is 4. The van der Waals surface area contributed by atoms with Crippen molar-refractivity contribution >= 4 is 27.7 Å². The van der Waals surface area contributed by atoms with Gasteiger partial charge in [0.2, 0.25) is 0 Å². The molecule has 17 heavy (non-hydrogen) atoms. The van der Waals surface area contributed by atoms with Gasteiger partial charge in [0.15, 0.2) is 0 Å². The van der Waals surface area contributed by atoms with Crippen molar-refractivity contribution in [1.82, 2.24) is 0 Å². The molecule has 1 nitrogen and oxygen atoms in total. The van der Waals surface area contributed by atoms with Crippen LogP contribution in [-0.2, 0) is 6.42 Å².